The van der Waals surface area contributed by atoms with Gasteiger partial charge in [-0.05, 0) is 48.6 Å². The van der Waals surface area contributed by atoms with Crippen LogP contribution in [-0.2, 0) is 4.79 Å². The Morgan fingerprint density at radius 1 is 1.25 bits per heavy atom. The van der Waals surface area contributed by atoms with Crippen LogP contribution < -0.4 is 5.32 Å². The summed E-state index contributed by atoms with van der Waals surface area (Å²) in [6, 6.07) is 9.91. The minimum absolute atomic E-state index is 0.0354. The van der Waals surface area contributed by atoms with E-state index in [-0.39, 0.29) is 11.7 Å². The van der Waals surface area contributed by atoms with Crippen molar-refractivity contribution in [3.8, 4) is 0 Å². The minimum Gasteiger partial charge on any atom is -0.325 e. The first kappa shape index (κ1) is 17.2. The van der Waals surface area contributed by atoms with Crippen molar-refractivity contribution < 1.29 is 9.18 Å². The van der Waals surface area contributed by atoms with Crippen molar-refractivity contribution >= 4 is 56.5 Å². The summed E-state index contributed by atoms with van der Waals surface area (Å²) in [5.74, 6) is 0.526. The summed E-state index contributed by atoms with van der Waals surface area (Å²) in [6.45, 7) is 0. The molecule has 0 spiro atoms. The van der Waals surface area contributed by atoms with Gasteiger partial charge in [-0.1, -0.05) is 11.6 Å². The van der Waals surface area contributed by atoms with Gasteiger partial charge in [0.25, 0.3) is 0 Å². The van der Waals surface area contributed by atoms with Gasteiger partial charge >= 0.3 is 0 Å². The molecule has 0 fully saturated rings. The van der Waals surface area contributed by atoms with E-state index in [0.717, 1.165) is 27.5 Å². The molecule has 1 aromatic heterocycles. The minimum atomic E-state index is -0.240. The normalized spacial score (nSPS) is 10.9. The number of anilines is 1. The Morgan fingerprint density at radius 2 is 2.04 bits per heavy atom. The van der Waals surface area contributed by atoms with Crippen LogP contribution in [0, 0.1) is 5.82 Å². The van der Waals surface area contributed by atoms with Crippen LogP contribution in [0.5, 0.6) is 0 Å². The van der Waals surface area contributed by atoms with Gasteiger partial charge in [-0.25, -0.2) is 9.37 Å². The third kappa shape index (κ3) is 4.26. The quantitative estimate of drug-likeness (QED) is 0.447. The van der Waals surface area contributed by atoms with E-state index >= 15 is 0 Å². The molecule has 0 aliphatic rings. The molecule has 0 unspecified atom stereocenters. The first-order valence-corrected chi connectivity index (χ1v) is 9.58. The fourth-order valence-corrected chi connectivity index (χ4v) is 4.08. The Balaban J connectivity index is 1.49. The lowest BCUT2D eigenvalue weighted by Crippen LogP contribution is -2.11. The van der Waals surface area contributed by atoms with Crippen LogP contribution in [0.25, 0.3) is 10.2 Å². The largest absolute Gasteiger partial charge is 0.325 e. The van der Waals surface area contributed by atoms with E-state index in [2.05, 4.69) is 10.3 Å². The molecule has 0 atom stereocenters. The number of carbonyl (C=O) groups excluding carboxylic acids is 1. The van der Waals surface area contributed by atoms with Gasteiger partial charge in [0.1, 0.15) is 11.3 Å². The van der Waals surface area contributed by atoms with E-state index in [0.29, 0.717) is 17.0 Å². The standard InChI is InChI=1S/C17H14ClFN2OS2/c18-13-7-8-14(17-16(13)20-10-24-17)21-15(22)2-1-9-23-12-5-3-11(19)4-6-12/h3-8,10H,1-2,9H2,(H,21,22). The maximum atomic E-state index is 12.8. The molecule has 1 heterocycles. The lowest BCUT2D eigenvalue weighted by atomic mass is 10.2. The lowest BCUT2D eigenvalue weighted by Gasteiger charge is -2.07. The number of benzene rings is 2. The molecule has 0 bridgehead atoms. The second-order valence-electron chi connectivity index (χ2n) is 5.08. The van der Waals surface area contributed by atoms with Crippen LogP contribution in [-0.4, -0.2) is 16.6 Å². The fraction of sp³-hybridized carbons (Fsp3) is 0.176. The lowest BCUT2D eigenvalue weighted by molar-refractivity contribution is -0.116. The van der Waals surface area contributed by atoms with E-state index in [4.69, 9.17) is 11.6 Å². The molecular weight excluding hydrogens is 367 g/mol. The molecule has 124 valence electrons. The number of fused-ring (bicyclic) bond motifs is 1. The Morgan fingerprint density at radius 3 is 2.83 bits per heavy atom. The average Bonchev–Trinajstić information content (AvgIpc) is 3.07. The number of hydrogen-bond donors (Lipinski definition) is 1. The zero-order valence-corrected chi connectivity index (χ0v) is 15.0. The van der Waals surface area contributed by atoms with Crippen molar-refractivity contribution in [1.82, 2.24) is 4.98 Å². The number of amides is 1. The van der Waals surface area contributed by atoms with Gasteiger partial charge in [0.2, 0.25) is 5.91 Å². The Labute approximate surface area is 152 Å². The third-order valence-corrected chi connectivity index (χ3v) is 5.60. The predicted molar refractivity (Wildman–Crippen MR) is 99.6 cm³/mol. The van der Waals surface area contributed by atoms with Gasteiger partial charge in [-0.3, -0.25) is 4.79 Å². The molecule has 24 heavy (non-hydrogen) atoms. The van der Waals surface area contributed by atoms with Crippen molar-refractivity contribution in [2.45, 2.75) is 17.7 Å². The van der Waals surface area contributed by atoms with Crippen molar-refractivity contribution in [2.75, 3.05) is 11.1 Å². The third-order valence-electron chi connectivity index (χ3n) is 3.34. The molecule has 2 aromatic carbocycles. The summed E-state index contributed by atoms with van der Waals surface area (Å²) in [5.41, 5.74) is 3.17. The van der Waals surface area contributed by atoms with E-state index in [9.17, 15) is 9.18 Å². The van der Waals surface area contributed by atoms with E-state index in [1.165, 1.54) is 23.5 Å². The van der Waals surface area contributed by atoms with Gasteiger partial charge < -0.3 is 5.32 Å². The first-order valence-electron chi connectivity index (χ1n) is 7.33. The van der Waals surface area contributed by atoms with Crippen molar-refractivity contribution in [2.24, 2.45) is 0 Å². The molecule has 0 aliphatic carbocycles. The summed E-state index contributed by atoms with van der Waals surface area (Å²) in [5, 5.41) is 3.50. The average molecular weight is 381 g/mol. The number of aromatic nitrogens is 1. The van der Waals surface area contributed by atoms with Gasteiger partial charge in [-0.15, -0.1) is 23.1 Å². The van der Waals surface area contributed by atoms with Gasteiger partial charge in [-0.2, -0.15) is 0 Å². The number of halogens is 2. The zero-order valence-electron chi connectivity index (χ0n) is 12.6. The van der Waals surface area contributed by atoms with Crippen LogP contribution >= 0.6 is 34.7 Å². The number of nitrogens with one attached hydrogen (secondary N) is 1. The number of hydrogen-bond acceptors (Lipinski definition) is 4. The topological polar surface area (TPSA) is 42.0 Å². The summed E-state index contributed by atoms with van der Waals surface area (Å²) in [6.07, 6.45) is 1.17. The van der Waals surface area contributed by atoms with Crippen molar-refractivity contribution in [1.29, 1.82) is 0 Å². The van der Waals surface area contributed by atoms with Crippen LogP contribution in [0.1, 0.15) is 12.8 Å². The van der Waals surface area contributed by atoms with E-state index < -0.39 is 0 Å². The van der Waals surface area contributed by atoms with Crippen LogP contribution in [0.4, 0.5) is 10.1 Å². The molecule has 1 amide bonds. The van der Waals surface area contributed by atoms with Gasteiger partial charge in [0.15, 0.2) is 0 Å². The van der Waals surface area contributed by atoms with Crippen molar-refractivity contribution in [3.63, 3.8) is 0 Å². The van der Waals surface area contributed by atoms with E-state index in [1.54, 1.807) is 41.5 Å². The van der Waals surface area contributed by atoms with Crippen LogP contribution in [0.3, 0.4) is 0 Å². The second-order valence-corrected chi connectivity index (χ2v) is 7.51. The SMILES string of the molecule is O=C(CCCSc1ccc(F)cc1)Nc1ccc(Cl)c2ncsc12. The smallest absolute Gasteiger partial charge is 0.224 e. The molecule has 0 aliphatic heterocycles. The van der Waals surface area contributed by atoms with Crippen LogP contribution in [0.2, 0.25) is 5.02 Å². The van der Waals surface area contributed by atoms with Gasteiger partial charge in [0.05, 0.1) is 20.9 Å². The molecular formula is C17H14ClFN2OS2. The van der Waals surface area contributed by atoms with Gasteiger partial charge in [0, 0.05) is 11.3 Å². The summed E-state index contributed by atoms with van der Waals surface area (Å²) < 4.78 is 13.7. The maximum absolute atomic E-state index is 12.8. The number of thiazole rings is 1. The summed E-state index contributed by atoms with van der Waals surface area (Å²) in [4.78, 5) is 17.3. The molecule has 3 rings (SSSR count). The number of thioether (sulfide) groups is 1. The monoisotopic (exact) mass is 380 g/mol. The highest BCUT2D eigenvalue weighted by molar-refractivity contribution is 7.99. The zero-order chi connectivity index (χ0) is 16.9. The number of rotatable bonds is 6. The molecule has 3 aromatic rings. The first-order chi connectivity index (χ1) is 11.6. The Hall–Kier alpha value is -1.63. The fourth-order valence-electron chi connectivity index (χ4n) is 2.18. The number of nitrogens with zero attached hydrogens (tertiary/aromatic N) is 1. The second kappa shape index (κ2) is 7.96. The highest BCUT2D eigenvalue weighted by atomic mass is 35.5. The molecule has 0 radical (unpaired) electrons. The summed E-state index contributed by atoms with van der Waals surface area (Å²) in [7, 11) is 0. The molecule has 3 nitrogen and oxygen atoms in total. The highest BCUT2D eigenvalue weighted by Gasteiger charge is 2.10. The highest BCUT2D eigenvalue weighted by Crippen LogP contribution is 2.32. The maximum Gasteiger partial charge on any atom is 0.224 e. The Bertz CT molecular complexity index is 851. The molecule has 7 heteroatoms. The Kier molecular flexibility index (Phi) is 5.71. The van der Waals surface area contributed by atoms with E-state index in [1.807, 2.05) is 0 Å². The predicted octanol–water partition coefficient (Wildman–Crippen LogP) is 5.60. The molecule has 0 saturated heterocycles. The van der Waals surface area contributed by atoms with Crippen LogP contribution in [0.15, 0.2) is 46.8 Å². The molecule has 1 N–H and O–H groups in total. The molecule has 0 saturated carbocycles. The number of carbonyl (C=O) groups is 1. The summed E-state index contributed by atoms with van der Waals surface area (Å²) >= 11 is 9.15. The van der Waals surface area contributed by atoms with Crippen molar-refractivity contribution in [3.05, 3.63) is 52.7 Å².